The number of nitrogens with two attached hydrogens (primary N) is 1. The van der Waals surface area contributed by atoms with Gasteiger partial charge in [-0.3, -0.25) is 4.99 Å². The van der Waals surface area contributed by atoms with Crippen molar-refractivity contribution in [3.63, 3.8) is 0 Å². The van der Waals surface area contributed by atoms with Gasteiger partial charge in [-0.25, -0.2) is 0 Å². The summed E-state index contributed by atoms with van der Waals surface area (Å²) in [6.07, 6.45) is 0. The van der Waals surface area contributed by atoms with Crippen LogP contribution in [0.25, 0.3) is 0 Å². The molecule has 0 aliphatic rings. The Morgan fingerprint density at radius 1 is 1.53 bits per heavy atom. The van der Waals surface area contributed by atoms with Gasteiger partial charge in [-0.2, -0.15) is 0 Å². The molecule has 0 saturated carbocycles. The van der Waals surface area contributed by atoms with Gasteiger partial charge in [0.15, 0.2) is 0 Å². The highest BCUT2D eigenvalue weighted by Gasteiger charge is 2.02. The molecule has 82 valence electrons. The molecule has 15 heavy (non-hydrogen) atoms. The summed E-state index contributed by atoms with van der Waals surface area (Å²) in [4.78, 5) is 4.30. The minimum atomic E-state index is 0.513. The fraction of sp³-hybridized carbons (Fsp3) is 0.364. The van der Waals surface area contributed by atoms with E-state index in [9.17, 15) is 0 Å². The zero-order chi connectivity index (χ0) is 11.4. The van der Waals surface area contributed by atoms with Gasteiger partial charge in [0.25, 0.3) is 0 Å². The molecule has 4 heteroatoms. The molecule has 0 spiro atoms. The van der Waals surface area contributed by atoms with Gasteiger partial charge in [-0.1, -0.05) is 25.4 Å². The van der Waals surface area contributed by atoms with Crippen molar-refractivity contribution in [2.75, 3.05) is 6.54 Å². The molecule has 2 nitrogen and oxygen atoms in total. The molecule has 0 radical (unpaired) electrons. The van der Waals surface area contributed by atoms with Crippen LogP contribution in [-0.2, 0) is 0 Å². The largest absolute Gasteiger partial charge is 0.384 e. The minimum absolute atomic E-state index is 0.513. The summed E-state index contributed by atoms with van der Waals surface area (Å²) in [7, 11) is 0. The van der Waals surface area contributed by atoms with E-state index in [0.717, 1.165) is 16.6 Å². The quantitative estimate of drug-likeness (QED) is 0.671. The van der Waals surface area contributed by atoms with Crippen molar-refractivity contribution in [2.24, 2.45) is 16.6 Å². The smallest absolute Gasteiger partial charge is 0.125 e. The van der Waals surface area contributed by atoms with Gasteiger partial charge >= 0.3 is 0 Å². The van der Waals surface area contributed by atoms with Crippen molar-refractivity contribution in [3.8, 4) is 0 Å². The number of halogens is 2. The summed E-state index contributed by atoms with van der Waals surface area (Å²) < 4.78 is 0.837. The van der Waals surface area contributed by atoms with Crippen LogP contribution in [0.1, 0.15) is 19.4 Å². The van der Waals surface area contributed by atoms with Crippen LogP contribution in [0, 0.1) is 5.92 Å². The van der Waals surface area contributed by atoms with Gasteiger partial charge in [-0.15, -0.1) is 0 Å². The van der Waals surface area contributed by atoms with Crippen LogP contribution in [0.4, 0.5) is 0 Å². The summed E-state index contributed by atoms with van der Waals surface area (Å²) in [5.41, 5.74) is 6.74. The Kier molecular flexibility index (Phi) is 4.61. The van der Waals surface area contributed by atoms with E-state index in [1.165, 1.54) is 0 Å². The lowest BCUT2D eigenvalue weighted by atomic mass is 10.2. The van der Waals surface area contributed by atoms with Gasteiger partial charge < -0.3 is 5.73 Å². The molecule has 1 aromatic carbocycles. The van der Waals surface area contributed by atoms with Crippen molar-refractivity contribution in [1.29, 1.82) is 0 Å². The van der Waals surface area contributed by atoms with Crippen LogP contribution in [0.5, 0.6) is 0 Å². The molecule has 0 saturated heterocycles. The lowest BCUT2D eigenvalue weighted by Gasteiger charge is -2.04. The fourth-order valence-electron chi connectivity index (χ4n) is 1.03. The second kappa shape index (κ2) is 5.52. The van der Waals surface area contributed by atoms with E-state index in [4.69, 9.17) is 17.3 Å². The fourth-order valence-corrected chi connectivity index (χ4v) is 1.52. The SMILES string of the molecule is CC(C)CN=C(N)c1ccc(Cl)c(Br)c1. The molecule has 0 aliphatic heterocycles. The first-order valence-corrected chi connectivity index (χ1v) is 5.93. The van der Waals surface area contributed by atoms with Crippen LogP contribution in [-0.4, -0.2) is 12.4 Å². The van der Waals surface area contributed by atoms with E-state index < -0.39 is 0 Å². The number of amidine groups is 1. The second-order valence-electron chi connectivity index (χ2n) is 3.75. The van der Waals surface area contributed by atoms with E-state index in [-0.39, 0.29) is 0 Å². The number of hydrogen-bond acceptors (Lipinski definition) is 1. The van der Waals surface area contributed by atoms with Crippen molar-refractivity contribution in [2.45, 2.75) is 13.8 Å². The van der Waals surface area contributed by atoms with Crippen LogP contribution >= 0.6 is 27.5 Å². The zero-order valence-corrected chi connectivity index (χ0v) is 11.1. The third-order valence-electron chi connectivity index (χ3n) is 1.84. The Hall–Kier alpha value is -0.540. The summed E-state index contributed by atoms with van der Waals surface area (Å²) in [6, 6.07) is 5.55. The van der Waals surface area contributed by atoms with Gasteiger partial charge in [0.2, 0.25) is 0 Å². The van der Waals surface area contributed by atoms with Crippen molar-refractivity contribution < 1.29 is 0 Å². The summed E-state index contributed by atoms with van der Waals surface area (Å²) >= 11 is 9.24. The molecule has 0 aliphatic carbocycles. The van der Waals surface area contributed by atoms with E-state index in [0.29, 0.717) is 16.8 Å². The molecule has 1 rings (SSSR count). The monoisotopic (exact) mass is 288 g/mol. The molecule has 0 amide bonds. The van der Waals surface area contributed by atoms with E-state index in [1.807, 2.05) is 12.1 Å². The molecule has 0 aromatic heterocycles. The molecule has 0 atom stereocenters. The first-order chi connectivity index (χ1) is 7.00. The maximum atomic E-state index is 5.89. The second-order valence-corrected chi connectivity index (χ2v) is 5.01. The normalized spacial score (nSPS) is 12.2. The molecule has 2 N–H and O–H groups in total. The topological polar surface area (TPSA) is 38.4 Å². The summed E-state index contributed by atoms with van der Waals surface area (Å²) in [5.74, 6) is 1.07. The highest BCUT2D eigenvalue weighted by molar-refractivity contribution is 9.10. The highest BCUT2D eigenvalue weighted by atomic mass is 79.9. The van der Waals surface area contributed by atoms with E-state index in [2.05, 4.69) is 34.8 Å². The van der Waals surface area contributed by atoms with Gasteiger partial charge in [0.1, 0.15) is 5.84 Å². The molecule has 0 unspecified atom stereocenters. The van der Waals surface area contributed by atoms with Crippen molar-refractivity contribution >= 4 is 33.4 Å². The van der Waals surface area contributed by atoms with Crippen LogP contribution in [0.2, 0.25) is 5.02 Å². The van der Waals surface area contributed by atoms with Gasteiger partial charge in [0, 0.05) is 16.6 Å². The van der Waals surface area contributed by atoms with E-state index >= 15 is 0 Å². The summed E-state index contributed by atoms with van der Waals surface area (Å²) in [6.45, 7) is 4.95. The molecule has 0 fully saturated rings. The first-order valence-electron chi connectivity index (χ1n) is 4.76. The third-order valence-corrected chi connectivity index (χ3v) is 3.06. The predicted octanol–water partition coefficient (Wildman–Crippen LogP) is 3.46. The Balaban J connectivity index is 2.87. The van der Waals surface area contributed by atoms with Gasteiger partial charge in [0.05, 0.1) is 5.02 Å². The minimum Gasteiger partial charge on any atom is -0.384 e. The standard InChI is InChI=1S/C11H14BrClN2/c1-7(2)6-15-11(14)8-3-4-10(13)9(12)5-8/h3-5,7H,6H2,1-2H3,(H2,14,15). The molecule has 1 aromatic rings. The average molecular weight is 290 g/mol. The lowest BCUT2D eigenvalue weighted by molar-refractivity contribution is 0.665. The molecular formula is C11H14BrClN2. The number of hydrogen-bond donors (Lipinski definition) is 1. The van der Waals surface area contributed by atoms with Gasteiger partial charge in [-0.05, 0) is 40.0 Å². The summed E-state index contributed by atoms with van der Waals surface area (Å²) in [5, 5.41) is 0.676. The Morgan fingerprint density at radius 2 is 2.20 bits per heavy atom. The number of benzene rings is 1. The molecule has 0 heterocycles. The Morgan fingerprint density at radius 3 is 2.73 bits per heavy atom. The molecule has 0 bridgehead atoms. The average Bonchev–Trinajstić information content (AvgIpc) is 2.18. The van der Waals surface area contributed by atoms with Crippen LogP contribution in [0.3, 0.4) is 0 Å². The number of rotatable bonds is 3. The van der Waals surface area contributed by atoms with E-state index in [1.54, 1.807) is 6.07 Å². The molecular weight excluding hydrogens is 275 g/mol. The van der Waals surface area contributed by atoms with Crippen LogP contribution < -0.4 is 5.73 Å². The maximum absolute atomic E-state index is 5.89. The Labute approximate surface area is 104 Å². The number of aliphatic imine (C=N–C) groups is 1. The maximum Gasteiger partial charge on any atom is 0.125 e. The first kappa shape index (κ1) is 12.5. The predicted molar refractivity (Wildman–Crippen MR) is 69.6 cm³/mol. The van der Waals surface area contributed by atoms with Crippen molar-refractivity contribution in [1.82, 2.24) is 0 Å². The Bertz CT molecular complexity index is 375. The third kappa shape index (κ3) is 3.84. The highest BCUT2D eigenvalue weighted by Crippen LogP contribution is 2.23. The number of nitrogens with zero attached hydrogens (tertiary/aromatic N) is 1. The van der Waals surface area contributed by atoms with Crippen molar-refractivity contribution in [3.05, 3.63) is 33.3 Å². The van der Waals surface area contributed by atoms with Crippen LogP contribution in [0.15, 0.2) is 27.7 Å². The lowest BCUT2D eigenvalue weighted by Crippen LogP contribution is -2.15. The zero-order valence-electron chi connectivity index (χ0n) is 8.80.